The van der Waals surface area contributed by atoms with Crippen LogP contribution in [0.5, 0.6) is 0 Å². The lowest BCUT2D eigenvalue weighted by Crippen LogP contribution is -2.66. The lowest BCUT2D eigenvalue weighted by atomic mass is 9.95. The second-order valence-electron chi connectivity index (χ2n) is 17.9. The van der Waals surface area contributed by atoms with Crippen molar-refractivity contribution < 1.29 is 66.9 Å². The van der Waals surface area contributed by atoms with E-state index in [1.165, 1.54) is 0 Å². The maximum Gasteiger partial charge on any atom is 0.338 e. The number of rotatable bonds is 22. The molecule has 0 bridgehead atoms. The second kappa shape index (κ2) is 26.7. The van der Waals surface area contributed by atoms with Crippen LogP contribution in [0, 0.1) is 0 Å². The largest absolute Gasteiger partial charge is 0.459 e. The van der Waals surface area contributed by atoms with Crippen molar-refractivity contribution in [3.05, 3.63) is 251 Å². The summed E-state index contributed by atoms with van der Waals surface area (Å²) in [5, 5.41) is 11.9. The van der Waals surface area contributed by atoms with Crippen LogP contribution in [0.25, 0.3) is 0 Å². The van der Waals surface area contributed by atoms with Gasteiger partial charge in [-0.25, -0.2) is 14.4 Å². The Labute approximate surface area is 435 Å². The van der Waals surface area contributed by atoms with Crippen LogP contribution >= 0.6 is 0 Å². The fourth-order valence-corrected chi connectivity index (χ4v) is 8.81. The molecule has 2 saturated heterocycles. The van der Waals surface area contributed by atoms with Crippen molar-refractivity contribution in [2.24, 2.45) is 0 Å². The molecule has 386 valence electrons. The quantitative estimate of drug-likeness (QED) is 0.0505. The van der Waals surface area contributed by atoms with Crippen LogP contribution in [0.3, 0.4) is 0 Å². The Kier molecular flexibility index (Phi) is 18.7. The molecule has 0 radical (unpaired) electrons. The number of hydrogen-bond donors (Lipinski definition) is 1. The number of ether oxygens (including phenoxy) is 10. The van der Waals surface area contributed by atoms with Crippen molar-refractivity contribution in [3.63, 3.8) is 0 Å². The molecule has 14 heteroatoms. The first-order valence-corrected chi connectivity index (χ1v) is 24.8. The van der Waals surface area contributed by atoms with Crippen LogP contribution < -0.4 is 0 Å². The van der Waals surface area contributed by atoms with Crippen LogP contribution in [0.4, 0.5) is 0 Å². The van der Waals surface area contributed by atoms with E-state index in [-0.39, 0.29) is 49.7 Å². The molecule has 0 spiro atoms. The summed E-state index contributed by atoms with van der Waals surface area (Å²) in [6.45, 7) is 0.0288. The minimum Gasteiger partial charge on any atom is -0.459 e. The highest BCUT2D eigenvalue weighted by Gasteiger charge is 2.56. The van der Waals surface area contributed by atoms with Gasteiger partial charge in [0.15, 0.2) is 24.8 Å². The predicted octanol–water partition coefficient (Wildman–Crippen LogP) is 9.09. The van der Waals surface area contributed by atoms with Gasteiger partial charge in [0.1, 0.15) is 43.2 Å². The Morgan fingerprint density at radius 3 is 1.21 bits per heavy atom. The Balaban J connectivity index is 1.13. The fourth-order valence-electron chi connectivity index (χ4n) is 8.81. The highest BCUT2D eigenvalue weighted by atomic mass is 16.8. The van der Waals surface area contributed by atoms with Crippen LogP contribution in [0.2, 0.25) is 0 Å². The van der Waals surface area contributed by atoms with E-state index in [9.17, 15) is 19.5 Å². The van der Waals surface area contributed by atoms with E-state index < -0.39 is 85.9 Å². The minimum absolute atomic E-state index is 0.0213. The van der Waals surface area contributed by atoms with Crippen LogP contribution in [-0.4, -0.2) is 97.6 Å². The predicted molar refractivity (Wildman–Crippen MR) is 274 cm³/mol. The number of carbonyl (C=O) groups excluding carboxylic acids is 3. The average Bonchev–Trinajstić information content (AvgIpc) is 3.46. The van der Waals surface area contributed by atoms with Gasteiger partial charge in [0.25, 0.3) is 0 Å². The molecular formula is C61H58O14. The number of carbonyl (C=O) groups is 3. The molecule has 0 aliphatic carbocycles. The van der Waals surface area contributed by atoms with Crippen molar-refractivity contribution in [2.45, 2.75) is 87.8 Å². The van der Waals surface area contributed by atoms with E-state index in [1.54, 1.807) is 91.0 Å². The second-order valence-corrected chi connectivity index (χ2v) is 17.9. The van der Waals surface area contributed by atoms with Gasteiger partial charge in [-0.05, 0) is 58.7 Å². The van der Waals surface area contributed by atoms with E-state index in [0.717, 1.165) is 22.3 Å². The van der Waals surface area contributed by atoms with Gasteiger partial charge in [-0.15, -0.1) is 0 Å². The summed E-state index contributed by atoms with van der Waals surface area (Å²) in [5.74, 6) is -2.39. The molecule has 2 heterocycles. The third-order valence-electron chi connectivity index (χ3n) is 12.6. The smallest absolute Gasteiger partial charge is 0.338 e. The fraction of sp³-hybridized carbons (Fsp3) is 0.262. The van der Waals surface area contributed by atoms with E-state index in [1.807, 2.05) is 121 Å². The highest BCUT2D eigenvalue weighted by Crippen LogP contribution is 2.36. The lowest BCUT2D eigenvalue weighted by Gasteiger charge is -2.49. The lowest BCUT2D eigenvalue weighted by molar-refractivity contribution is -0.366. The molecule has 2 fully saturated rings. The molecular weight excluding hydrogens is 957 g/mol. The van der Waals surface area contributed by atoms with Gasteiger partial charge >= 0.3 is 17.9 Å². The molecule has 10 atom stereocenters. The number of aliphatic hydroxyl groups excluding tert-OH is 1. The van der Waals surface area contributed by atoms with Crippen LogP contribution in [0.15, 0.2) is 212 Å². The standard InChI is InChI=1S/C61H58O14/c62-57(46-30-16-5-17-31-46)70-41-50-52(54(73-58(63)47-32-18-6-19-33-47)55(60(65)71-50)74-59(64)48-34-20-7-21-35-48)75-61-56(69-39-45-28-14-4-15-29-45)53(68-38-44-26-12-3-13-27-44)51(67-37-43-24-10-2-11-25-43)49(72-61)40-66-36-42-22-8-1-9-23-42/h1-35,49-56,60-61,65H,36-41H2/t49-,50-,51+,52+,53+,54+,55-,56-,60-,61-/m1/s1. The van der Waals surface area contributed by atoms with Gasteiger partial charge in [0.05, 0.1) is 49.7 Å². The average molecular weight is 1020 g/mol. The van der Waals surface area contributed by atoms with Gasteiger partial charge in [-0.2, -0.15) is 0 Å². The SMILES string of the molecule is O=C(OC[C@H]1O[C@@H](O)[C@H](OC(=O)c2ccccc2)[C@@H](OC(=O)c2ccccc2)[C@H]1O[C@H]1O[C@H](COCc2ccccc2)[C@H](OCc2ccccc2)[C@H](OCc2ccccc2)[C@H]1OCc1ccccc1)c1ccccc1. The van der Waals surface area contributed by atoms with Gasteiger partial charge in [0.2, 0.25) is 0 Å². The molecule has 2 aliphatic heterocycles. The number of hydrogen-bond acceptors (Lipinski definition) is 14. The zero-order valence-electron chi connectivity index (χ0n) is 41.0. The van der Waals surface area contributed by atoms with Crippen LogP contribution in [-0.2, 0) is 73.8 Å². The van der Waals surface area contributed by atoms with Crippen molar-refractivity contribution in [3.8, 4) is 0 Å². The third kappa shape index (κ3) is 14.5. The van der Waals surface area contributed by atoms with Gasteiger partial charge in [-0.1, -0.05) is 176 Å². The molecule has 0 aromatic heterocycles. The molecule has 1 N–H and O–H groups in total. The molecule has 14 nitrogen and oxygen atoms in total. The normalized spacial score (nSPS) is 23.4. The molecule has 0 saturated carbocycles. The third-order valence-corrected chi connectivity index (χ3v) is 12.6. The highest BCUT2D eigenvalue weighted by molar-refractivity contribution is 5.90. The first-order valence-electron chi connectivity index (χ1n) is 24.8. The van der Waals surface area contributed by atoms with Crippen molar-refractivity contribution in [1.29, 1.82) is 0 Å². The van der Waals surface area contributed by atoms with Crippen molar-refractivity contribution in [1.82, 2.24) is 0 Å². The molecule has 2 aliphatic rings. The Bertz CT molecular complexity index is 2810. The van der Waals surface area contributed by atoms with Crippen molar-refractivity contribution in [2.75, 3.05) is 13.2 Å². The topological polar surface area (TPSA) is 164 Å². The minimum atomic E-state index is -1.93. The molecule has 0 unspecified atom stereocenters. The zero-order valence-corrected chi connectivity index (χ0v) is 41.0. The first kappa shape index (κ1) is 52.5. The summed E-state index contributed by atoms with van der Waals surface area (Å²) in [7, 11) is 0. The van der Waals surface area contributed by atoms with E-state index in [4.69, 9.17) is 47.4 Å². The first-order chi connectivity index (χ1) is 36.9. The Morgan fingerprint density at radius 1 is 0.373 bits per heavy atom. The van der Waals surface area contributed by atoms with E-state index in [0.29, 0.717) is 0 Å². The summed E-state index contributed by atoms with van der Waals surface area (Å²) in [6, 6.07) is 63.2. The monoisotopic (exact) mass is 1010 g/mol. The van der Waals surface area contributed by atoms with Crippen molar-refractivity contribution >= 4 is 17.9 Å². The molecule has 0 amide bonds. The summed E-state index contributed by atoms with van der Waals surface area (Å²) in [5.41, 5.74) is 4.06. The maximum absolute atomic E-state index is 14.3. The van der Waals surface area contributed by atoms with E-state index >= 15 is 0 Å². The summed E-state index contributed by atoms with van der Waals surface area (Å²) in [4.78, 5) is 41.8. The molecule has 7 aromatic carbocycles. The maximum atomic E-state index is 14.3. The van der Waals surface area contributed by atoms with Gasteiger partial charge in [0, 0.05) is 0 Å². The summed E-state index contributed by atoms with van der Waals surface area (Å²) >= 11 is 0. The molecule has 7 aromatic rings. The van der Waals surface area contributed by atoms with Gasteiger partial charge in [-0.3, -0.25) is 0 Å². The Hall–Kier alpha value is -7.37. The number of aliphatic hydroxyl groups is 1. The Morgan fingerprint density at radius 2 is 0.747 bits per heavy atom. The summed E-state index contributed by atoms with van der Waals surface area (Å²) in [6.07, 6.45) is -13.5. The van der Waals surface area contributed by atoms with Gasteiger partial charge < -0.3 is 52.5 Å². The summed E-state index contributed by atoms with van der Waals surface area (Å²) < 4.78 is 65.8. The molecule has 9 rings (SSSR count). The van der Waals surface area contributed by atoms with E-state index in [2.05, 4.69) is 0 Å². The number of benzene rings is 7. The zero-order chi connectivity index (χ0) is 51.6. The molecule has 75 heavy (non-hydrogen) atoms. The number of esters is 3. The van der Waals surface area contributed by atoms with Crippen LogP contribution in [0.1, 0.15) is 53.3 Å².